The van der Waals surface area contributed by atoms with Crippen LogP contribution in [0.5, 0.6) is 0 Å². The van der Waals surface area contributed by atoms with Gasteiger partial charge in [0.05, 0.1) is 5.25 Å². The van der Waals surface area contributed by atoms with E-state index in [1.807, 2.05) is 13.0 Å². The van der Waals surface area contributed by atoms with E-state index in [4.69, 9.17) is 0 Å². The average Bonchev–Trinajstić information content (AvgIpc) is 3.21. The summed E-state index contributed by atoms with van der Waals surface area (Å²) in [6, 6.07) is 6.28. The molecule has 1 N–H and O–H groups in total. The van der Waals surface area contributed by atoms with Crippen molar-refractivity contribution < 1.29 is 4.79 Å². The summed E-state index contributed by atoms with van der Waals surface area (Å²) in [4.78, 5) is 12.6. The van der Waals surface area contributed by atoms with Gasteiger partial charge in [0.15, 0.2) is 5.16 Å². The van der Waals surface area contributed by atoms with Crippen LogP contribution in [0.3, 0.4) is 0 Å². The third-order valence-corrected chi connectivity index (χ3v) is 6.10. The van der Waals surface area contributed by atoms with E-state index in [-0.39, 0.29) is 11.2 Å². The molecule has 0 spiro atoms. The number of hydrogen-bond acceptors (Lipinski definition) is 4. The minimum absolute atomic E-state index is 0.0153. The van der Waals surface area contributed by atoms with E-state index in [1.54, 1.807) is 0 Å². The van der Waals surface area contributed by atoms with Crippen molar-refractivity contribution in [3.8, 4) is 0 Å². The molecule has 1 amide bonds. The monoisotopic (exact) mass is 356 g/mol. The van der Waals surface area contributed by atoms with Crippen molar-refractivity contribution in [3.63, 3.8) is 0 Å². The quantitative estimate of drug-likeness (QED) is 0.800. The van der Waals surface area contributed by atoms with Crippen LogP contribution in [0.1, 0.15) is 56.0 Å². The molecular formula is C19H24N4OS. The molecule has 0 bridgehead atoms. The summed E-state index contributed by atoms with van der Waals surface area (Å²) in [5, 5.41) is 12.4. The number of anilines is 1. The van der Waals surface area contributed by atoms with E-state index in [0.29, 0.717) is 5.92 Å². The number of carbonyl (C=O) groups is 1. The van der Waals surface area contributed by atoms with Gasteiger partial charge in [0, 0.05) is 18.2 Å². The Morgan fingerprint density at radius 2 is 2.12 bits per heavy atom. The van der Waals surface area contributed by atoms with E-state index in [9.17, 15) is 4.79 Å². The van der Waals surface area contributed by atoms with Crippen molar-refractivity contribution in [2.24, 2.45) is 0 Å². The first-order valence-electron chi connectivity index (χ1n) is 9.18. The Morgan fingerprint density at radius 1 is 1.32 bits per heavy atom. The van der Waals surface area contributed by atoms with Crippen LogP contribution in [0.15, 0.2) is 23.4 Å². The summed E-state index contributed by atoms with van der Waals surface area (Å²) in [6.07, 6.45) is 5.90. The number of thioether (sulfide) groups is 1. The maximum atomic E-state index is 12.6. The van der Waals surface area contributed by atoms with E-state index >= 15 is 0 Å². The summed E-state index contributed by atoms with van der Waals surface area (Å²) in [6.45, 7) is 4.88. The lowest BCUT2D eigenvalue weighted by Gasteiger charge is -2.13. The largest absolute Gasteiger partial charge is 0.325 e. The maximum Gasteiger partial charge on any atom is 0.237 e. The van der Waals surface area contributed by atoms with Gasteiger partial charge in [-0.2, -0.15) is 0 Å². The Kier molecular flexibility index (Phi) is 4.54. The molecule has 1 fully saturated rings. The highest BCUT2D eigenvalue weighted by Crippen LogP contribution is 2.40. The lowest BCUT2D eigenvalue weighted by molar-refractivity contribution is -0.115. The lowest BCUT2D eigenvalue weighted by atomic mass is 10.1. The SMILES string of the molecule is CCn1c(S[C@@H](C)C(=O)Nc2ccc3c(c2)CCC3)nnc1C1CC1. The first-order chi connectivity index (χ1) is 12.2. The maximum absolute atomic E-state index is 12.6. The van der Waals surface area contributed by atoms with Gasteiger partial charge in [-0.05, 0) is 69.2 Å². The Bertz CT molecular complexity index is 797. The summed E-state index contributed by atoms with van der Waals surface area (Å²) in [7, 11) is 0. The first-order valence-corrected chi connectivity index (χ1v) is 10.1. The highest BCUT2D eigenvalue weighted by molar-refractivity contribution is 8.00. The van der Waals surface area contributed by atoms with Crippen LogP contribution in [0.4, 0.5) is 5.69 Å². The fourth-order valence-electron chi connectivity index (χ4n) is 3.43. The van der Waals surface area contributed by atoms with Gasteiger partial charge < -0.3 is 9.88 Å². The number of amides is 1. The Labute approximate surface area is 152 Å². The number of fused-ring (bicyclic) bond motifs is 1. The van der Waals surface area contributed by atoms with E-state index in [2.05, 4.69) is 39.1 Å². The van der Waals surface area contributed by atoms with Crippen LogP contribution in [0, 0.1) is 0 Å². The molecule has 25 heavy (non-hydrogen) atoms. The zero-order valence-corrected chi connectivity index (χ0v) is 15.6. The molecule has 1 aromatic carbocycles. The van der Waals surface area contributed by atoms with Crippen LogP contribution >= 0.6 is 11.8 Å². The number of aryl methyl sites for hydroxylation is 2. The van der Waals surface area contributed by atoms with E-state index < -0.39 is 0 Å². The van der Waals surface area contributed by atoms with Crippen molar-refractivity contribution in [3.05, 3.63) is 35.2 Å². The summed E-state index contributed by atoms with van der Waals surface area (Å²) in [5.74, 6) is 1.66. The molecule has 2 aliphatic carbocycles. The molecule has 2 aliphatic rings. The molecule has 1 heterocycles. The van der Waals surface area contributed by atoms with E-state index in [0.717, 1.165) is 36.1 Å². The Balaban J connectivity index is 1.42. The molecule has 0 unspecified atom stereocenters. The normalized spacial score (nSPS) is 17.4. The predicted octanol–water partition coefficient (Wildman–Crippen LogP) is 3.78. The second kappa shape index (κ2) is 6.83. The van der Waals surface area contributed by atoms with Gasteiger partial charge in [0.1, 0.15) is 5.82 Å². The summed E-state index contributed by atoms with van der Waals surface area (Å²) in [5.41, 5.74) is 3.69. The van der Waals surface area contributed by atoms with Crippen LogP contribution in [-0.4, -0.2) is 25.9 Å². The third-order valence-electron chi connectivity index (χ3n) is 5.02. The first kappa shape index (κ1) is 16.6. The minimum Gasteiger partial charge on any atom is -0.325 e. The molecule has 6 heteroatoms. The highest BCUT2D eigenvalue weighted by atomic mass is 32.2. The van der Waals surface area contributed by atoms with Gasteiger partial charge in [-0.1, -0.05) is 17.8 Å². The summed E-state index contributed by atoms with van der Waals surface area (Å²) >= 11 is 1.49. The van der Waals surface area contributed by atoms with Crippen LogP contribution in [0.25, 0.3) is 0 Å². The molecule has 5 nitrogen and oxygen atoms in total. The lowest BCUT2D eigenvalue weighted by Crippen LogP contribution is -2.23. The van der Waals surface area contributed by atoms with Gasteiger partial charge in [0.25, 0.3) is 0 Å². The van der Waals surface area contributed by atoms with Gasteiger partial charge >= 0.3 is 0 Å². The van der Waals surface area contributed by atoms with Crippen molar-refractivity contribution in [1.82, 2.24) is 14.8 Å². The molecule has 0 aliphatic heterocycles. The zero-order valence-electron chi connectivity index (χ0n) is 14.8. The van der Waals surface area contributed by atoms with Gasteiger partial charge in [-0.3, -0.25) is 4.79 Å². The topological polar surface area (TPSA) is 59.8 Å². The number of aromatic nitrogens is 3. The number of nitrogens with one attached hydrogen (secondary N) is 1. The van der Waals surface area contributed by atoms with Crippen molar-refractivity contribution in [1.29, 1.82) is 0 Å². The summed E-state index contributed by atoms with van der Waals surface area (Å²) < 4.78 is 2.15. The van der Waals surface area contributed by atoms with Gasteiger partial charge in [-0.15, -0.1) is 10.2 Å². The van der Waals surface area contributed by atoms with Crippen molar-refractivity contribution >= 4 is 23.4 Å². The minimum atomic E-state index is -0.213. The Hall–Kier alpha value is -1.82. The fourth-order valence-corrected chi connectivity index (χ4v) is 4.35. The number of hydrogen-bond donors (Lipinski definition) is 1. The van der Waals surface area contributed by atoms with Gasteiger partial charge in [0.2, 0.25) is 5.91 Å². The predicted molar refractivity (Wildman–Crippen MR) is 100 cm³/mol. The second-order valence-electron chi connectivity index (χ2n) is 6.95. The molecule has 132 valence electrons. The smallest absolute Gasteiger partial charge is 0.237 e. The number of benzene rings is 1. The molecule has 1 atom stereocenters. The van der Waals surface area contributed by atoms with Crippen LogP contribution in [-0.2, 0) is 24.2 Å². The molecule has 0 radical (unpaired) electrons. The average molecular weight is 356 g/mol. The Morgan fingerprint density at radius 3 is 2.88 bits per heavy atom. The van der Waals surface area contributed by atoms with Crippen LogP contribution in [0.2, 0.25) is 0 Å². The fraction of sp³-hybridized carbons (Fsp3) is 0.526. The molecule has 0 saturated heterocycles. The number of carbonyl (C=O) groups excluding carboxylic acids is 1. The molecule has 1 aromatic heterocycles. The van der Waals surface area contributed by atoms with Crippen molar-refractivity contribution in [2.45, 2.75) is 68.8 Å². The number of rotatable bonds is 6. The molecule has 2 aromatic rings. The standard InChI is InChI=1S/C19H24N4OS/c1-3-23-17(14-7-8-14)21-22-19(23)25-12(2)18(24)20-16-10-9-13-5-4-6-15(13)11-16/h9-12,14H,3-8H2,1-2H3,(H,20,24)/t12-/m0/s1. The third kappa shape index (κ3) is 3.45. The van der Waals surface area contributed by atoms with E-state index in [1.165, 1.54) is 42.2 Å². The zero-order chi connectivity index (χ0) is 17.4. The van der Waals surface area contributed by atoms with Crippen LogP contribution < -0.4 is 5.32 Å². The molecule has 1 saturated carbocycles. The highest BCUT2D eigenvalue weighted by Gasteiger charge is 2.30. The number of nitrogens with zero attached hydrogens (tertiary/aromatic N) is 3. The molecule has 4 rings (SSSR count). The second-order valence-corrected chi connectivity index (χ2v) is 8.25. The molecular weight excluding hydrogens is 332 g/mol. The van der Waals surface area contributed by atoms with Crippen molar-refractivity contribution in [2.75, 3.05) is 5.32 Å². The van der Waals surface area contributed by atoms with Gasteiger partial charge in [-0.25, -0.2) is 0 Å².